The SMILES string of the molecule is OCC1(NCc2ccon2)CCc2ccccc21. The highest BCUT2D eigenvalue weighted by Crippen LogP contribution is 2.36. The number of nitrogens with zero attached hydrogens (tertiary/aromatic N) is 1. The van der Waals surface area contributed by atoms with Gasteiger partial charge in [-0.25, -0.2) is 0 Å². The number of aliphatic hydroxyl groups excluding tert-OH is 1. The lowest BCUT2D eigenvalue weighted by molar-refractivity contribution is 0.158. The maximum absolute atomic E-state index is 9.79. The Morgan fingerprint density at radius 1 is 1.33 bits per heavy atom. The van der Waals surface area contributed by atoms with Crippen molar-refractivity contribution < 1.29 is 9.63 Å². The van der Waals surface area contributed by atoms with Crippen LogP contribution in [0.15, 0.2) is 41.1 Å². The van der Waals surface area contributed by atoms with Crippen molar-refractivity contribution in [3.05, 3.63) is 53.4 Å². The van der Waals surface area contributed by atoms with Gasteiger partial charge in [0, 0.05) is 12.6 Å². The molecule has 94 valence electrons. The first kappa shape index (κ1) is 11.4. The summed E-state index contributed by atoms with van der Waals surface area (Å²) in [6, 6.07) is 10.1. The van der Waals surface area contributed by atoms with Gasteiger partial charge in [-0.3, -0.25) is 5.32 Å². The summed E-state index contributed by atoms with van der Waals surface area (Å²) < 4.78 is 4.81. The molecule has 0 bridgehead atoms. The molecule has 1 aliphatic rings. The van der Waals surface area contributed by atoms with Crippen LogP contribution in [0.3, 0.4) is 0 Å². The molecule has 0 spiro atoms. The van der Waals surface area contributed by atoms with Crippen LogP contribution in [-0.2, 0) is 18.5 Å². The zero-order chi connectivity index (χ0) is 12.4. The topological polar surface area (TPSA) is 58.3 Å². The van der Waals surface area contributed by atoms with Crippen LogP contribution in [-0.4, -0.2) is 16.9 Å². The Kier molecular flexibility index (Phi) is 2.89. The first-order valence-electron chi connectivity index (χ1n) is 6.18. The van der Waals surface area contributed by atoms with Crippen molar-refractivity contribution in [3.8, 4) is 0 Å². The Labute approximate surface area is 106 Å². The molecule has 1 aromatic carbocycles. The Morgan fingerprint density at radius 2 is 2.22 bits per heavy atom. The van der Waals surface area contributed by atoms with Crippen LogP contribution in [0.2, 0.25) is 0 Å². The molecule has 0 aliphatic heterocycles. The van der Waals surface area contributed by atoms with Crippen LogP contribution < -0.4 is 5.32 Å². The summed E-state index contributed by atoms with van der Waals surface area (Å²) in [6.07, 6.45) is 3.48. The molecular weight excluding hydrogens is 228 g/mol. The molecule has 2 N–H and O–H groups in total. The summed E-state index contributed by atoms with van der Waals surface area (Å²) in [6.45, 7) is 0.702. The van der Waals surface area contributed by atoms with Gasteiger partial charge in [0.15, 0.2) is 0 Å². The van der Waals surface area contributed by atoms with Crippen LogP contribution in [0.4, 0.5) is 0 Å². The van der Waals surface area contributed by atoms with Crippen molar-refractivity contribution in [3.63, 3.8) is 0 Å². The Balaban J connectivity index is 1.83. The van der Waals surface area contributed by atoms with Crippen LogP contribution in [0.25, 0.3) is 0 Å². The van der Waals surface area contributed by atoms with Gasteiger partial charge in [-0.2, -0.15) is 0 Å². The number of fused-ring (bicyclic) bond motifs is 1. The van der Waals surface area contributed by atoms with Crippen molar-refractivity contribution in [1.29, 1.82) is 0 Å². The minimum Gasteiger partial charge on any atom is -0.394 e. The Bertz CT molecular complexity index is 524. The maximum atomic E-state index is 9.79. The smallest absolute Gasteiger partial charge is 0.124 e. The lowest BCUT2D eigenvalue weighted by Crippen LogP contribution is -2.43. The number of hydrogen-bond acceptors (Lipinski definition) is 4. The van der Waals surface area contributed by atoms with Gasteiger partial charge in [-0.05, 0) is 24.0 Å². The molecule has 0 amide bonds. The summed E-state index contributed by atoms with van der Waals surface area (Å²) in [7, 11) is 0. The quantitative estimate of drug-likeness (QED) is 0.857. The molecule has 1 aromatic heterocycles. The second kappa shape index (κ2) is 4.55. The number of nitrogens with one attached hydrogen (secondary N) is 1. The van der Waals surface area contributed by atoms with Gasteiger partial charge >= 0.3 is 0 Å². The zero-order valence-electron chi connectivity index (χ0n) is 10.1. The van der Waals surface area contributed by atoms with E-state index in [1.54, 1.807) is 6.26 Å². The molecule has 3 rings (SSSR count). The minimum absolute atomic E-state index is 0.0991. The van der Waals surface area contributed by atoms with Crippen molar-refractivity contribution >= 4 is 0 Å². The second-order valence-corrected chi connectivity index (χ2v) is 4.74. The normalized spacial score (nSPS) is 22.1. The average molecular weight is 244 g/mol. The fourth-order valence-corrected chi connectivity index (χ4v) is 2.68. The number of benzene rings is 1. The fourth-order valence-electron chi connectivity index (χ4n) is 2.68. The summed E-state index contributed by atoms with van der Waals surface area (Å²) in [5.41, 5.74) is 3.04. The van der Waals surface area contributed by atoms with E-state index in [2.05, 4.69) is 22.6 Å². The molecule has 1 unspecified atom stereocenters. The number of aliphatic hydroxyl groups is 1. The number of aryl methyl sites for hydroxylation is 1. The third-order valence-corrected chi connectivity index (χ3v) is 3.72. The Morgan fingerprint density at radius 3 is 3.00 bits per heavy atom. The second-order valence-electron chi connectivity index (χ2n) is 4.74. The van der Waals surface area contributed by atoms with E-state index < -0.39 is 0 Å². The molecule has 0 fully saturated rings. The molecule has 1 aliphatic carbocycles. The molecule has 1 atom stereocenters. The van der Waals surface area contributed by atoms with Gasteiger partial charge in [0.2, 0.25) is 0 Å². The predicted molar refractivity (Wildman–Crippen MR) is 66.9 cm³/mol. The van der Waals surface area contributed by atoms with E-state index in [4.69, 9.17) is 4.52 Å². The lowest BCUT2D eigenvalue weighted by atomic mass is 9.92. The molecule has 0 saturated heterocycles. The summed E-state index contributed by atoms with van der Waals surface area (Å²) in [5, 5.41) is 17.1. The van der Waals surface area contributed by atoms with E-state index in [0.717, 1.165) is 18.5 Å². The van der Waals surface area contributed by atoms with E-state index in [1.807, 2.05) is 18.2 Å². The summed E-state index contributed by atoms with van der Waals surface area (Å²) in [5.74, 6) is 0. The molecule has 18 heavy (non-hydrogen) atoms. The standard InChI is InChI=1S/C14H16N2O2/c17-10-14(15-9-12-6-8-18-16-12)7-5-11-3-1-2-4-13(11)14/h1-4,6,8,15,17H,5,7,9-10H2. The van der Waals surface area contributed by atoms with Gasteiger partial charge < -0.3 is 9.63 Å². The molecular formula is C14H16N2O2. The number of rotatable bonds is 4. The highest BCUT2D eigenvalue weighted by atomic mass is 16.5. The highest BCUT2D eigenvalue weighted by molar-refractivity contribution is 5.38. The Hall–Kier alpha value is -1.65. The summed E-state index contributed by atoms with van der Waals surface area (Å²) in [4.78, 5) is 0. The van der Waals surface area contributed by atoms with Crippen LogP contribution in [0.5, 0.6) is 0 Å². The first-order chi connectivity index (χ1) is 8.84. The third kappa shape index (κ3) is 1.83. The molecule has 4 heteroatoms. The van der Waals surface area contributed by atoms with Gasteiger partial charge in [-0.1, -0.05) is 29.4 Å². The van der Waals surface area contributed by atoms with Gasteiger partial charge in [0.05, 0.1) is 17.8 Å². The molecule has 4 nitrogen and oxygen atoms in total. The van der Waals surface area contributed by atoms with E-state index >= 15 is 0 Å². The lowest BCUT2D eigenvalue weighted by Gasteiger charge is -2.29. The van der Waals surface area contributed by atoms with Gasteiger partial charge in [0.25, 0.3) is 0 Å². The van der Waals surface area contributed by atoms with Crippen molar-refractivity contribution in [1.82, 2.24) is 10.5 Å². The average Bonchev–Trinajstić information content (AvgIpc) is 3.05. The van der Waals surface area contributed by atoms with Gasteiger partial charge in [0.1, 0.15) is 6.26 Å². The van der Waals surface area contributed by atoms with Crippen LogP contribution in [0, 0.1) is 0 Å². The fraction of sp³-hybridized carbons (Fsp3) is 0.357. The monoisotopic (exact) mass is 244 g/mol. The molecule has 1 heterocycles. The van der Waals surface area contributed by atoms with Crippen molar-refractivity contribution in [2.24, 2.45) is 0 Å². The highest BCUT2D eigenvalue weighted by Gasteiger charge is 2.37. The molecule has 0 saturated carbocycles. The van der Waals surface area contributed by atoms with E-state index in [1.165, 1.54) is 11.1 Å². The molecule has 2 aromatic rings. The maximum Gasteiger partial charge on any atom is 0.124 e. The minimum atomic E-state index is -0.338. The van der Waals surface area contributed by atoms with Crippen LogP contribution in [0.1, 0.15) is 23.2 Å². The van der Waals surface area contributed by atoms with Crippen molar-refractivity contribution in [2.45, 2.75) is 24.9 Å². The number of aromatic nitrogens is 1. The van der Waals surface area contributed by atoms with Crippen molar-refractivity contribution in [2.75, 3.05) is 6.61 Å². The summed E-state index contributed by atoms with van der Waals surface area (Å²) >= 11 is 0. The van der Waals surface area contributed by atoms with E-state index in [9.17, 15) is 5.11 Å². The van der Waals surface area contributed by atoms with Gasteiger partial charge in [-0.15, -0.1) is 0 Å². The van der Waals surface area contributed by atoms with E-state index in [-0.39, 0.29) is 12.1 Å². The number of hydrogen-bond donors (Lipinski definition) is 2. The van der Waals surface area contributed by atoms with Crippen LogP contribution >= 0.6 is 0 Å². The van der Waals surface area contributed by atoms with E-state index in [0.29, 0.717) is 6.54 Å². The first-order valence-corrected chi connectivity index (χ1v) is 6.18. The zero-order valence-corrected chi connectivity index (χ0v) is 10.1. The third-order valence-electron chi connectivity index (χ3n) is 3.72. The predicted octanol–water partition coefficient (Wildman–Crippen LogP) is 1.60. The largest absolute Gasteiger partial charge is 0.394 e. The molecule has 0 radical (unpaired) electrons.